The van der Waals surface area contributed by atoms with E-state index in [0.717, 1.165) is 48.7 Å². The Balaban J connectivity index is 1.79. The van der Waals surface area contributed by atoms with E-state index >= 15 is 0 Å². The van der Waals surface area contributed by atoms with Gasteiger partial charge in [-0.05, 0) is 31.7 Å². The van der Waals surface area contributed by atoms with Crippen LogP contribution in [0.25, 0.3) is 11.3 Å². The molecule has 5 nitrogen and oxygen atoms in total. The number of ether oxygens (including phenoxy) is 2. The molecule has 0 amide bonds. The van der Waals surface area contributed by atoms with Crippen LogP contribution in [0.4, 0.5) is 0 Å². The Morgan fingerprint density at radius 2 is 1.90 bits per heavy atom. The van der Waals surface area contributed by atoms with Crippen LogP contribution in [0.1, 0.15) is 11.3 Å². The number of hydrogen-bond acceptors (Lipinski definition) is 5. The first-order valence-corrected chi connectivity index (χ1v) is 7.22. The van der Waals surface area contributed by atoms with E-state index in [2.05, 4.69) is 21.9 Å². The smallest absolute Gasteiger partial charge is 0.231 e. The highest BCUT2D eigenvalue weighted by atomic mass is 16.7. The van der Waals surface area contributed by atoms with E-state index in [4.69, 9.17) is 9.47 Å². The summed E-state index contributed by atoms with van der Waals surface area (Å²) in [5.41, 5.74) is 4.53. The number of nitrogens with zero attached hydrogens (tertiary/aromatic N) is 3. The molecule has 108 valence electrons. The van der Waals surface area contributed by atoms with Crippen LogP contribution in [-0.4, -0.2) is 41.8 Å². The molecule has 2 aliphatic heterocycles. The maximum Gasteiger partial charge on any atom is 0.231 e. The van der Waals surface area contributed by atoms with Crippen molar-refractivity contribution in [3.05, 3.63) is 35.8 Å². The predicted molar refractivity (Wildman–Crippen MR) is 78.5 cm³/mol. The Bertz CT molecular complexity index is 687. The molecule has 21 heavy (non-hydrogen) atoms. The molecule has 0 unspecified atom stereocenters. The summed E-state index contributed by atoms with van der Waals surface area (Å²) in [5, 5.41) is 0. The van der Waals surface area contributed by atoms with Crippen molar-refractivity contribution in [2.45, 2.75) is 12.8 Å². The van der Waals surface area contributed by atoms with Gasteiger partial charge in [0.15, 0.2) is 11.5 Å². The van der Waals surface area contributed by atoms with E-state index in [-0.39, 0.29) is 0 Å². The quantitative estimate of drug-likeness (QED) is 0.800. The van der Waals surface area contributed by atoms with Crippen LogP contribution in [0, 0.1) is 0 Å². The molecule has 0 atom stereocenters. The molecule has 1 aromatic carbocycles. The number of likely N-dealkylation sites (N-methyl/N-ethyl adjacent to an activating group) is 1. The fraction of sp³-hybridized carbons (Fsp3) is 0.375. The Hall–Kier alpha value is -2.14. The van der Waals surface area contributed by atoms with Crippen LogP contribution in [0.5, 0.6) is 11.5 Å². The summed E-state index contributed by atoms with van der Waals surface area (Å²) in [4.78, 5) is 11.3. The monoisotopic (exact) mass is 283 g/mol. The lowest BCUT2D eigenvalue weighted by Gasteiger charge is -2.12. The van der Waals surface area contributed by atoms with Crippen LogP contribution < -0.4 is 9.47 Å². The highest BCUT2D eigenvalue weighted by Crippen LogP contribution is 2.36. The van der Waals surface area contributed by atoms with Gasteiger partial charge in [-0.15, -0.1) is 0 Å². The molecule has 0 aliphatic carbocycles. The van der Waals surface area contributed by atoms with Gasteiger partial charge < -0.3 is 14.4 Å². The molecular formula is C16H17N3O2. The van der Waals surface area contributed by atoms with Gasteiger partial charge in [-0.3, -0.25) is 0 Å². The van der Waals surface area contributed by atoms with Crippen molar-refractivity contribution in [1.29, 1.82) is 0 Å². The summed E-state index contributed by atoms with van der Waals surface area (Å²) in [5.74, 6) is 1.60. The summed E-state index contributed by atoms with van der Waals surface area (Å²) in [6, 6.07) is 6.01. The number of fused-ring (bicyclic) bond motifs is 2. The highest BCUT2D eigenvalue weighted by Gasteiger charge is 2.20. The van der Waals surface area contributed by atoms with Gasteiger partial charge in [0.25, 0.3) is 0 Å². The van der Waals surface area contributed by atoms with Gasteiger partial charge in [-0.2, -0.15) is 0 Å². The molecule has 0 fully saturated rings. The molecule has 1 aromatic heterocycles. The molecule has 4 rings (SSSR count). The minimum atomic E-state index is 0.297. The lowest BCUT2D eigenvalue weighted by molar-refractivity contribution is 0.174. The first kappa shape index (κ1) is 12.6. The van der Waals surface area contributed by atoms with Crippen LogP contribution in [-0.2, 0) is 12.8 Å². The Kier molecular flexibility index (Phi) is 3.00. The molecule has 0 bridgehead atoms. The van der Waals surface area contributed by atoms with Crippen LogP contribution in [0.15, 0.2) is 24.5 Å². The van der Waals surface area contributed by atoms with Crippen LogP contribution in [0.3, 0.4) is 0 Å². The molecule has 0 saturated carbocycles. The summed E-state index contributed by atoms with van der Waals surface area (Å²) in [6.07, 6.45) is 3.63. The van der Waals surface area contributed by atoms with Gasteiger partial charge in [0.05, 0.1) is 5.69 Å². The average Bonchev–Trinajstić information content (AvgIpc) is 2.90. The minimum absolute atomic E-state index is 0.297. The lowest BCUT2D eigenvalue weighted by atomic mass is 10.0. The third-order valence-electron chi connectivity index (χ3n) is 4.15. The maximum atomic E-state index is 5.47. The molecule has 0 spiro atoms. The first-order chi connectivity index (χ1) is 10.3. The zero-order valence-electron chi connectivity index (χ0n) is 12.0. The Morgan fingerprint density at radius 3 is 2.86 bits per heavy atom. The highest BCUT2D eigenvalue weighted by molar-refractivity contribution is 5.67. The zero-order chi connectivity index (χ0) is 14.2. The van der Waals surface area contributed by atoms with Gasteiger partial charge in [0.2, 0.25) is 6.79 Å². The van der Waals surface area contributed by atoms with Gasteiger partial charge in [0.1, 0.15) is 6.33 Å². The standard InChI is InChI=1S/C16H17N3O2/c1-19-6-4-12-13(5-7-19)17-9-18-16(12)11-2-3-14-15(8-11)21-10-20-14/h2-3,8-9H,4-7,10H2,1H3. The van der Waals surface area contributed by atoms with Crippen molar-refractivity contribution in [1.82, 2.24) is 14.9 Å². The zero-order valence-corrected chi connectivity index (χ0v) is 12.0. The first-order valence-electron chi connectivity index (χ1n) is 7.22. The van der Waals surface area contributed by atoms with Crippen LogP contribution >= 0.6 is 0 Å². The number of rotatable bonds is 1. The molecular weight excluding hydrogens is 266 g/mol. The van der Waals surface area contributed by atoms with Crippen molar-refractivity contribution < 1.29 is 9.47 Å². The second-order valence-electron chi connectivity index (χ2n) is 5.52. The van der Waals surface area contributed by atoms with Crippen molar-refractivity contribution in [3.8, 4) is 22.8 Å². The molecule has 3 heterocycles. The Morgan fingerprint density at radius 1 is 1.05 bits per heavy atom. The van der Waals surface area contributed by atoms with E-state index in [0.29, 0.717) is 6.79 Å². The van der Waals surface area contributed by atoms with E-state index in [1.165, 1.54) is 11.3 Å². The van der Waals surface area contributed by atoms with E-state index in [9.17, 15) is 0 Å². The number of aromatic nitrogens is 2. The molecule has 0 N–H and O–H groups in total. The SMILES string of the molecule is CN1CCc2ncnc(-c3ccc4c(c3)OCO4)c2CC1. The number of hydrogen-bond donors (Lipinski definition) is 0. The summed E-state index contributed by atoms with van der Waals surface area (Å²) in [7, 11) is 2.15. The third kappa shape index (κ3) is 2.23. The van der Waals surface area contributed by atoms with Crippen molar-refractivity contribution in [2.24, 2.45) is 0 Å². The predicted octanol–water partition coefficient (Wildman–Crippen LogP) is 1.90. The van der Waals surface area contributed by atoms with Gasteiger partial charge in [-0.1, -0.05) is 0 Å². The van der Waals surface area contributed by atoms with Crippen molar-refractivity contribution >= 4 is 0 Å². The van der Waals surface area contributed by atoms with E-state index < -0.39 is 0 Å². The summed E-state index contributed by atoms with van der Waals surface area (Å²) >= 11 is 0. The second kappa shape index (κ2) is 5.00. The summed E-state index contributed by atoms with van der Waals surface area (Å²) in [6.45, 7) is 2.38. The van der Waals surface area contributed by atoms with Crippen molar-refractivity contribution in [3.63, 3.8) is 0 Å². The fourth-order valence-electron chi connectivity index (χ4n) is 2.93. The normalized spacial score (nSPS) is 17.4. The van der Waals surface area contributed by atoms with E-state index in [1.807, 2.05) is 18.2 Å². The molecule has 0 saturated heterocycles. The lowest BCUT2D eigenvalue weighted by Crippen LogP contribution is -2.20. The van der Waals surface area contributed by atoms with Crippen molar-refractivity contribution in [2.75, 3.05) is 26.9 Å². The Labute approximate surface area is 123 Å². The average molecular weight is 283 g/mol. The topological polar surface area (TPSA) is 47.5 Å². The minimum Gasteiger partial charge on any atom is -0.454 e. The maximum absolute atomic E-state index is 5.47. The number of benzene rings is 1. The molecule has 0 radical (unpaired) electrons. The largest absolute Gasteiger partial charge is 0.454 e. The third-order valence-corrected chi connectivity index (χ3v) is 4.15. The molecule has 5 heteroatoms. The second-order valence-corrected chi connectivity index (χ2v) is 5.52. The van der Waals surface area contributed by atoms with E-state index in [1.54, 1.807) is 6.33 Å². The fourth-order valence-corrected chi connectivity index (χ4v) is 2.93. The summed E-state index contributed by atoms with van der Waals surface area (Å²) < 4.78 is 10.8. The van der Waals surface area contributed by atoms with Gasteiger partial charge in [-0.25, -0.2) is 9.97 Å². The van der Waals surface area contributed by atoms with Gasteiger partial charge >= 0.3 is 0 Å². The van der Waals surface area contributed by atoms with Gasteiger partial charge in [0, 0.05) is 36.3 Å². The molecule has 2 aromatic rings. The molecule has 2 aliphatic rings. The van der Waals surface area contributed by atoms with Crippen LogP contribution in [0.2, 0.25) is 0 Å².